The summed E-state index contributed by atoms with van der Waals surface area (Å²) in [6.45, 7) is 8.63. The van der Waals surface area contributed by atoms with Crippen LogP contribution in [-0.2, 0) is 13.0 Å². The van der Waals surface area contributed by atoms with Crippen molar-refractivity contribution in [2.24, 2.45) is 0 Å². The molecule has 114 valence electrons. The molecule has 0 unspecified atom stereocenters. The van der Waals surface area contributed by atoms with Gasteiger partial charge in [0.1, 0.15) is 5.01 Å². The van der Waals surface area contributed by atoms with Crippen LogP contribution in [0.25, 0.3) is 10.6 Å². The molecule has 0 atom stereocenters. The molecule has 0 amide bonds. The summed E-state index contributed by atoms with van der Waals surface area (Å²) < 4.78 is 0. The first-order chi connectivity index (χ1) is 10.2. The fourth-order valence-electron chi connectivity index (χ4n) is 2.28. The third kappa shape index (κ3) is 4.65. The van der Waals surface area contributed by atoms with Gasteiger partial charge in [-0.05, 0) is 26.3 Å². The number of aromatic nitrogens is 1. The molecule has 0 aliphatic heterocycles. The fraction of sp³-hybridized carbons (Fsp3) is 0.500. The van der Waals surface area contributed by atoms with E-state index in [-0.39, 0.29) is 0 Å². The van der Waals surface area contributed by atoms with Crippen molar-refractivity contribution in [3.63, 3.8) is 0 Å². The first-order valence-electron chi connectivity index (χ1n) is 8.01. The number of thiazole rings is 1. The Morgan fingerprint density at radius 2 is 1.86 bits per heavy atom. The highest BCUT2D eigenvalue weighted by atomic mass is 32.1. The molecule has 0 aliphatic rings. The molecule has 2 rings (SSSR count). The summed E-state index contributed by atoms with van der Waals surface area (Å²) in [5.74, 6) is 0. The molecule has 0 spiro atoms. The fourth-order valence-corrected chi connectivity index (χ4v) is 3.36. The molecule has 0 bridgehead atoms. The Balaban J connectivity index is 2.13. The number of rotatable bonds is 8. The van der Waals surface area contributed by atoms with Crippen molar-refractivity contribution in [2.75, 3.05) is 6.54 Å². The Kier molecular flexibility index (Phi) is 6.40. The van der Waals surface area contributed by atoms with Crippen molar-refractivity contribution >= 4 is 11.3 Å². The zero-order chi connectivity index (χ0) is 15.1. The van der Waals surface area contributed by atoms with E-state index in [2.05, 4.69) is 50.4 Å². The number of nitrogens with one attached hydrogen (secondary N) is 1. The van der Waals surface area contributed by atoms with Crippen LogP contribution >= 0.6 is 11.3 Å². The maximum atomic E-state index is 4.88. The zero-order valence-electron chi connectivity index (χ0n) is 13.4. The number of hydrogen-bond acceptors (Lipinski definition) is 3. The molecule has 0 radical (unpaired) electrons. The minimum atomic E-state index is 0.957. The number of benzene rings is 1. The van der Waals surface area contributed by atoms with Gasteiger partial charge in [-0.25, -0.2) is 4.98 Å². The summed E-state index contributed by atoms with van der Waals surface area (Å²) in [6.07, 6.45) is 4.71. The zero-order valence-corrected chi connectivity index (χ0v) is 14.2. The van der Waals surface area contributed by atoms with Crippen molar-refractivity contribution in [2.45, 2.75) is 53.0 Å². The van der Waals surface area contributed by atoms with Gasteiger partial charge in [-0.2, -0.15) is 0 Å². The standard InChI is InChI=1S/C18H26N2S/c1-4-6-12-19-13-17-16(7-5-2)20-18(21-17)15-10-8-14(3)9-11-15/h8-11,19H,4-7,12-13H2,1-3H3. The second kappa shape index (κ2) is 8.30. The van der Waals surface area contributed by atoms with Crippen LogP contribution in [0.4, 0.5) is 0 Å². The van der Waals surface area contributed by atoms with Crippen molar-refractivity contribution in [3.05, 3.63) is 40.4 Å². The Hall–Kier alpha value is -1.19. The van der Waals surface area contributed by atoms with Crippen LogP contribution in [-0.4, -0.2) is 11.5 Å². The Bertz CT molecular complexity index is 543. The first kappa shape index (κ1) is 16.2. The minimum absolute atomic E-state index is 0.957. The van der Waals surface area contributed by atoms with Gasteiger partial charge in [-0.3, -0.25) is 0 Å². The van der Waals surface area contributed by atoms with E-state index in [1.807, 2.05) is 11.3 Å². The molecule has 0 aliphatic carbocycles. The molecule has 1 heterocycles. The number of nitrogens with zero attached hydrogens (tertiary/aromatic N) is 1. The Morgan fingerprint density at radius 1 is 1.10 bits per heavy atom. The van der Waals surface area contributed by atoms with E-state index in [9.17, 15) is 0 Å². The lowest BCUT2D eigenvalue weighted by Crippen LogP contribution is -2.14. The van der Waals surface area contributed by atoms with Gasteiger partial charge in [0.15, 0.2) is 0 Å². The quantitative estimate of drug-likeness (QED) is 0.697. The molecule has 1 N–H and O–H groups in total. The minimum Gasteiger partial charge on any atom is -0.312 e. The number of unbranched alkanes of at least 4 members (excludes halogenated alkanes) is 1. The van der Waals surface area contributed by atoms with Gasteiger partial charge in [0.05, 0.1) is 5.69 Å². The highest BCUT2D eigenvalue weighted by molar-refractivity contribution is 7.15. The highest BCUT2D eigenvalue weighted by Crippen LogP contribution is 2.29. The molecule has 2 nitrogen and oxygen atoms in total. The lowest BCUT2D eigenvalue weighted by molar-refractivity contribution is 0.641. The van der Waals surface area contributed by atoms with E-state index in [0.29, 0.717) is 0 Å². The normalized spacial score (nSPS) is 11.0. The second-order valence-electron chi connectivity index (χ2n) is 5.54. The van der Waals surface area contributed by atoms with E-state index in [1.165, 1.54) is 34.5 Å². The first-order valence-corrected chi connectivity index (χ1v) is 8.82. The van der Waals surface area contributed by atoms with E-state index in [0.717, 1.165) is 30.9 Å². The monoisotopic (exact) mass is 302 g/mol. The summed E-state index contributed by atoms with van der Waals surface area (Å²) in [5.41, 5.74) is 3.82. The van der Waals surface area contributed by atoms with Crippen molar-refractivity contribution in [1.29, 1.82) is 0 Å². The average Bonchev–Trinajstić information content (AvgIpc) is 2.88. The topological polar surface area (TPSA) is 24.9 Å². The van der Waals surface area contributed by atoms with E-state index < -0.39 is 0 Å². The summed E-state index contributed by atoms with van der Waals surface area (Å²) in [4.78, 5) is 6.28. The van der Waals surface area contributed by atoms with Gasteiger partial charge in [-0.1, -0.05) is 56.5 Å². The van der Waals surface area contributed by atoms with Gasteiger partial charge >= 0.3 is 0 Å². The van der Waals surface area contributed by atoms with Crippen molar-refractivity contribution in [3.8, 4) is 10.6 Å². The third-order valence-corrected chi connectivity index (χ3v) is 4.70. The molecular weight excluding hydrogens is 276 g/mol. The van der Waals surface area contributed by atoms with Gasteiger partial charge < -0.3 is 5.32 Å². The highest BCUT2D eigenvalue weighted by Gasteiger charge is 2.11. The Morgan fingerprint density at radius 3 is 2.52 bits per heavy atom. The Labute approximate surface area is 132 Å². The molecular formula is C18H26N2S. The number of hydrogen-bond donors (Lipinski definition) is 1. The average molecular weight is 302 g/mol. The lowest BCUT2D eigenvalue weighted by atomic mass is 10.1. The van der Waals surface area contributed by atoms with Gasteiger partial charge in [-0.15, -0.1) is 11.3 Å². The molecule has 1 aromatic carbocycles. The maximum absolute atomic E-state index is 4.88. The molecule has 21 heavy (non-hydrogen) atoms. The van der Waals surface area contributed by atoms with Crippen molar-refractivity contribution < 1.29 is 0 Å². The van der Waals surface area contributed by atoms with Crippen LogP contribution in [0.5, 0.6) is 0 Å². The van der Waals surface area contributed by atoms with E-state index in [1.54, 1.807) is 0 Å². The van der Waals surface area contributed by atoms with Crippen LogP contribution < -0.4 is 5.32 Å². The SMILES string of the molecule is CCCCNCc1sc(-c2ccc(C)cc2)nc1CCC. The van der Waals surface area contributed by atoms with Gasteiger partial charge in [0, 0.05) is 17.0 Å². The third-order valence-electron chi connectivity index (χ3n) is 3.56. The van der Waals surface area contributed by atoms with E-state index in [4.69, 9.17) is 4.98 Å². The van der Waals surface area contributed by atoms with Crippen LogP contribution in [0, 0.1) is 6.92 Å². The molecule has 0 saturated heterocycles. The molecule has 0 fully saturated rings. The van der Waals surface area contributed by atoms with Crippen LogP contribution in [0.1, 0.15) is 49.2 Å². The molecule has 0 saturated carbocycles. The summed E-state index contributed by atoms with van der Waals surface area (Å²) in [5, 5.41) is 4.70. The largest absolute Gasteiger partial charge is 0.312 e. The second-order valence-corrected chi connectivity index (χ2v) is 6.62. The predicted molar refractivity (Wildman–Crippen MR) is 92.9 cm³/mol. The summed E-state index contributed by atoms with van der Waals surface area (Å²) in [6, 6.07) is 8.68. The van der Waals surface area contributed by atoms with Crippen molar-refractivity contribution in [1.82, 2.24) is 10.3 Å². The van der Waals surface area contributed by atoms with Gasteiger partial charge in [0.25, 0.3) is 0 Å². The number of aryl methyl sites for hydroxylation is 2. The van der Waals surface area contributed by atoms with Crippen LogP contribution in [0.3, 0.4) is 0 Å². The molecule has 1 aromatic heterocycles. The summed E-state index contributed by atoms with van der Waals surface area (Å²) >= 11 is 1.84. The predicted octanol–water partition coefficient (Wildman–Crippen LogP) is 4.96. The maximum Gasteiger partial charge on any atom is 0.123 e. The molecule has 3 heteroatoms. The molecule has 2 aromatic rings. The lowest BCUT2D eigenvalue weighted by Gasteiger charge is -2.03. The smallest absolute Gasteiger partial charge is 0.123 e. The van der Waals surface area contributed by atoms with Gasteiger partial charge in [0.2, 0.25) is 0 Å². The van der Waals surface area contributed by atoms with Crippen LogP contribution in [0.15, 0.2) is 24.3 Å². The van der Waals surface area contributed by atoms with E-state index >= 15 is 0 Å². The van der Waals surface area contributed by atoms with Crippen LogP contribution in [0.2, 0.25) is 0 Å². The summed E-state index contributed by atoms with van der Waals surface area (Å²) in [7, 11) is 0.